The lowest BCUT2D eigenvalue weighted by Crippen LogP contribution is -2.18. The fraction of sp³-hybridized carbons (Fsp3) is 0.0909. The maximum Gasteiger partial charge on any atom is 0.349 e. The van der Waals surface area contributed by atoms with Gasteiger partial charge in [0.1, 0.15) is 11.5 Å². The van der Waals surface area contributed by atoms with Crippen molar-refractivity contribution in [3.63, 3.8) is 0 Å². The second-order valence-corrected chi connectivity index (χ2v) is 6.33. The van der Waals surface area contributed by atoms with Crippen molar-refractivity contribution in [1.82, 2.24) is 0 Å². The maximum absolute atomic E-state index is 12.5. The van der Waals surface area contributed by atoms with E-state index in [0.29, 0.717) is 33.2 Å². The zero-order valence-corrected chi connectivity index (χ0v) is 15.4. The zero-order chi connectivity index (χ0) is 19.2. The van der Waals surface area contributed by atoms with Gasteiger partial charge in [-0.05, 0) is 48.9 Å². The standard InChI is InChI=1S/C22H17ClO4/c1-15-12-17(22(25)16-6-3-2-4-7-16)10-11-20(15)27-21(24)14-26-19-9-5-8-18(23)13-19/h2-13H,14H2,1H3. The van der Waals surface area contributed by atoms with Gasteiger partial charge >= 0.3 is 5.97 Å². The molecule has 0 bridgehead atoms. The molecule has 3 aromatic carbocycles. The first-order valence-corrected chi connectivity index (χ1v) is 8.70. The Labute approximate surface area is 162 Å². The van der Waals surface area contributed by atoms with E-state index in [2.05, 4.69) is 0 Å². The van der Waals surface area contributed by atoms with Crippen molar-refractivity contribution in [2.75, 3.05) is 6.61 Å². The van der Waals surface area contributed by atoms with Gasteiger partial charge in [-0.2, -0.15) is 0 Å². The highest BCUT2D eigenvalue weighted by Gasteiger charge is 2.13. The number of carbonyl (C=O) groups excluding carboxylic acids is 2. The maximum atomic E-state index is 12.5. The summed E-state index contributed by atoms with van der Waals surface area (Å²) in [5.74, 6) is 0.250. The first kappa shape index (κ1) is 18.7. The van der Waals surface area contributed by atoms with Crippen molar-refractivity contribution in [3.8, 4) is 11.5 Å². The minimum atomic E-state index is -0.541. The lowest BCUT2D eigenvalue weighted by atomic mass is 10.0. The van der Waals surface area contributed by atoms with Gasteiger partial charge in [-0.1, -0.05) is 48.0 Å². The molecule has 0 aromatic heterocycles. The Morgan fingerprint density at radius 3 is 2.37 bits per heavy atom. The first-order valence-electron chi connectivity index (χ1n) is 8.32. The molecule has 27 heavy (non-hydrogen) atoms. The minimum Gasteiger partial charge on any atom is -0.482 e. The summed E-state index contributed by atoms with van der Waals surface area (Å²) in [6, 6.07) is 20.7. The van der Waals surface area contributed by atoms with E-state index < -0.39 is 5.97 Å². The highest BCUT2D eigenvalue weighted by atomic mass is 35.5. The number of hydrogen-bond donors (Lipinski definition) is 0. The molecule has 136 valence electrons. The third kappa shape index (κ3) is 4.96. The van der Waals surface area contributed by atoms with Crippen LogP contribution < -0.4 is 9.47 Å². The van der Waals surface area contributed by atoms with Crippen LogP contribution in [0.1, 0.15) is 21.5 Å². The lowest BCUT2D eigenvalue weighted by molar-refractivity contribution is -0.136. The number of ketones is 1. The molecule has 0 spiro atoms. The van der Waals surface area contributed by atoms with Gasteiger partial charge in [-0.3, -0.25) is 4.79 Å². The molecule has 0 amide bonds. The first-order chi connectivity index (χ1) is 13.0. The molecule has 5 heteroatoms. The predicted octanol–water partition coefficient (Wildman–Crippen LogP) is 4.86. The molecule has 0 heterocycles. The molecule has 4 nitrogen and oxygen atoms in total. The average Bonchev–Trinajstić information content (AvgIpc) is 2.68. The van der Waals surface area contributed by atoms with E-state index in [4.69, 9.17) is 21.1 Å². The van der Waals surface area contributed by atoms with E-state index in [0.717, 1.165) is 0 Å². The van der Waals surface area contributed by atoms with Crippen LogP contribution in [0.3, 0.4) is 0 Å². The topological polar surface area (TPSA) is 52.6 Å². The summed E-state index contributed by atoms with van der Waals surface area (Å²) in [5.41, 5.74) is 1.83. The molecule has 0 unspecified atom stereocenters. The average molecular weight is 381 g/mol. The van der Waals surface area contributed by atoms with Crippen LogP contribution in [-0.2, 0) is 4.79 Å². The number of halogens is 1. The molecule has 0 atom stereocenters. The van der Waals surface area contributed by atoms with E-state index in [1.807, 2.05) is 18.2 Å². The van der Waals surface area contributed by atoms with Crippen LogP contribution in [0.4, 0.5) is 0 Å². The lowest BCUT2D eigenvalue weighted by Gasteiger charge is -2.10. The van der Waals surface area contributed by atoms with Crippen molar-refractivity contribution in [1.29, 1.82) is 0 Å². The summed E-state index contributed by atoms with van der Waals surface area (Å²) >= 11 is 5.87. The van der Waals surface area contributed by atoms with Gasteiger partial charge < -0.3 is 9.47 Å². The molecule has 0 aliphatic carbocycles. The Morgan fingerprint density at radius 2 is 1.67 bits per heavy atom. The summed E-state index contributed by atoms with van der Waals surface area (Å²) in [6.07, 6.45) is 0. The quantitative estimate of drug-likeness (QED) is 0.348. The molecule has 0 fully saturated rings. The molecular weight excluding hydrogens is 364 g/mol. The minimum absolute atomic E-state index is 0.0825. The Bertz CT molecular complexity index is 967. The molecular formula is C22H17ClO4. The fourth-order valence-electron chi connectivity index (χ4n) is 2.51. The van der Waals surface area contributed by atoms with Gasteiger partial charge in [0.05, 0.1) is 0 Å². The smallest absolute Gasteiger partial charge is 0.349 e. The normalized spacial score (nSPS) is 10.3. The van der Waals surface area contributed by atoms with Crippen molar-refractivity contribution in [2.24, 2.45) is 0 Å². The Morgan fingerprint density at radius 1 is 0.889 bits per heavy atom. The predicted molar refractivity (Wildman–Crippen MR) is 104 cm³/mol. The fourth-order valence-corrected chi connectivity index (χ4v) is 2.69. The number of hydrogen-bond acceptors (Lipinski definition) is 4. The third-order valence-electron chi connectivity index (χ3n) is 3.85. The van der Waals surface area contributed by atoms with E-state index in [1.165, 1.54) is 0 Å². The Hall–Kier alpha value is -3.11. The van der Waals surface area contributed by atoms with Gasteiger partial charge in [0.15, 0.2) is 12.4 Å². The van der Waals surface area contributed by atoms with Crippen molar-refractivity contribution >= 4 is 23.4 Å². The monoisotopic (exact) mass is 380 g/mol. The molecule has 0 saturated heterocycles. The number of carbonyl (C=O) groups is 2. The third-order valence-corrected chi connectivity index (χ3v) is 4.08. The van der Waals surface area contributed by atoms with E-state index >= 15 is 0 Å². The second kappa shape index (κ2) is 8.52. The molecule has 0 N–H and O–H groups in total. The van der Waals surface area contributed by atoms with Crippen molar-refractivity contribution in [3.05, 3.63) is 94.5 Å². The summed E-state index contributed by atoms with van der Waals surface area (Å²) in [6.45, 7) is 1.53. The van der Waals surface area contributed by atoms with Gasteiger partial charge in [0, 0.05) is 16.1 Å². The van der Waals surface area contributed by atoms with E-state index in [1.54, 1.807) is 61.5 Å². The number of aryl methyl sites for hydroxylation is 1. The van der Waals surface area contributed by atoms with Crippen LogP contribution in [0.2, 0.25) is 5.02 Å². The summed E-state index contributed by atoms with van der Waals surface area (Å²) in [7, 11) is 0. The van der Waals surface area contributed by atoms with Crippen molar-refractivity contribution < 1.29 is 19.1 Å². The van der Waals surface area contributed by atoms with Crippen molar-refractivity contribution in [2.45, 2.75) is 6.92 Å². The van der Waals surface area contributed by atoms with Gasteiger partial charge in [-0.25, -0.2) is 4.79 Å². The zero-order valence-electron chi connectivity index (χ0n) is 14.6. The van der Waals surface area contributed by atoms with Crippen LogP contribution in [-0.4, -0.2) is 18.4 Å². The molecule has 0 aliphatic heterocycles. The van der Waals surface area contributed by atoms with Crippen LogP contribution >= 0.6 is 11.6 Å². The van der Waals surface area contributed by atoms with E-state index in [-0.39, 0.29) is 12.4 Å². The molecule has 0 saturated carbocycles. The second-order valence-electron chi connectivity index (χ2n) is 5.90. The van der Waals surface area contributed by atoms with Crippen LogP contribution in [0.25, 0.3) is 0 Å². The Kier molecular flexibility index (Phi) is 5.89. The summed E-state index contributed by atoms with van der Waals surface area (Å²) in [5, 5.41) is 0.524. The van der Waals surface area contributed by atoms with Crippen LogP contribution in [0, 0.1) is 6.92 Å². The SMILES string of the molecule is Cc1cc(C(=O)c2ccccc2)ccc1OC(=O)COc1cccc(Cl)c1. The van der Waals surface area contributed by atoms with Gasteiger partial charge in [-0.15, -0.1) is 0 Å². The number of rotatable bonds is 6. The molecule has 0 radical (unpaired) electrons. The number of benzene rings is 3. The molecule has 3 aromatic rings. The highest BCUT2D eigenvalue weighted by molar-refractivity contribution is 6.30. The van der Waals surface area contributed by atoms with Crippen LogP contribution in [0.5, 0.6) is 11.5 Å². The highest BCUT2D eigenvalue weighted by Crippen LogP contribution is 2.22. The number of esters is 1. The van der Waals surface area contributed by atoms with Crippen LogP contribution in [0.15, 0.2) is 72.8 Å². The Balaban J connectivity index is 1.63. The number of ether oxygens (including phenoxy) is 2. The van der Waals surface area contributed by atoms with Gasteiger partial charge in [0.2, 0.25) is 0 Å². The summed E-state index contributed by atoms with van der Waals surface area (Å²) < 4.78 is 10.7. The molecule has 3 rings (SSSR count). The molecule has 0 aliphatic rings. The van der Waals surface area contributed by atoms with E-state index in [9.17, 15) is 9.59 Å². The summed E-state index contributed by atoms with van der Waals surface area (Å²) in [4.78, 5) is 24.5. The van der Waals surface area contributed by atoms with Gasteiger partial charge in [0.25, 0.3) is 0 Å². The largest absolute Gasteiger partial charge is 0.482 e.